The maximum absolute atomic E-state index is 11.4. The second-order valence-corrected chi connectivity index (χ2v) is 5.73. The number of hydrogen-bond donors (Lipinski definition) is 3. The summed E-state index contributed by atoms with van der Waals surface area (Å²) >= 11 is 0. The lowest BCUT2D eigenvalue weighted by molar-refractivity contribution is 0.250. The number of urea groups is 1. The molecule has 0 aliphatic carbocycles. The third kappa shape index (κ3) is 5.88. The molecule has 66 valence electrons. The first-order valence-corrected chi connectivity index (χ1v) is 5.74. The molecule has 0 saturated heterocycles. The molecule has 0 aliphatic heterocycles. The maximum Gasteiger partial charge on any atom is 0.312 e. The van der Waals surface area contributed by atoms with E-state index >= 15 is 0 Å². The van der Waals surface area contributed by atoms with Crippen LogP contribution in [0.2, 0.25) is 0 Å². The van der Waals surface area contributed by atoms with Gasteiger partial charge in [-0.1, -0.05) is 0 Å². The fraction of sp³-hybridized carbons (Fsp3) is 0.800. The van der Waals surface area contributed by atoms with Gasteiger partial charge in [-0.15, -0.1) is 0 Å². The van der Waals surface area contributed by atoms with Crippen LogP contribution in [-0.4, -0.2) is 32.3 Å². The Morgan fingerprint density at radius 1 is 1.55 bits per heavy atom. The molecular weight excluding hydrogens is 165 g/mol. The monoisotopic (exact) mass is 179 g/mol. The Morgan fingerprint density at radius 3 is 2.45 bits per heavy atom. The number of hydrogen-bond acceptors (Lipinski definition) is 3. The van der Waals surface area contributed by atoms with Gasteiger partial charge in [-0.3, -0.25) is 0 Å². The molecule has 0 bridgehead atoms. The van der Waals surface area contributed by atoms with Crippen molar-refractivity contribution in [3.05, 3.63) is 0 Å². The molecule has 0 spiro atoms. The molecule has 0 saturated carbocycles. The standard InChI is InChI=1S/C5H14N3O2P/c1-7-3-11(2,10)4-8-5(6)9/h7H,3-4H2,1-2H3,(H3,6,8,9). The highest BCUT2D eigenvalue weighted by Crippen LogP contribution is 2.37. The first-order valence-electron chi connectivity index (χ1n) is 3.21. The van der Waals surface area contributed by atoms with Crippen LogP contribution in [0.1, 0.15) is 0 Å². The highest BCUT2D eigenvalue weighted by molar-refractivity contribution is 7.63. The van der Waals surface area contributed by atoms with Crippen molar-refractivity contribution in [2.24, 2.45) is 5.73 Å². The Labute approximate surface area is 66.1 Å². The van der Waals surface area contributed by atoms with Crippen molar-refractivity contribution in [2.75, 3.05) is 26.3 Å². The fourth-order valence-electron chi connectivity index (χ4n) is 0.636. The number of carbonyl (C=O) groups excluding carboxylic acids is 1. The third-order valence-electron chi connectivity index (χ3n) is 1.08. The van der Waals surface area contributed by atoms with E-state index in [1.165, 1.54) is 0 Å². The van der Waals surface area contributed by atoms with Gasteiger partial charge in [-0.25, -0.2) is 4.79 Å². The number of nitrogens with one attached hydrogen (secondary N) is 2. The van der Waals surface area contributed by atoms with Gasteiger partial charge in [0, 0.05) is 0 Å². The van der Waals surface area contributed by atoms with Crippen molar-refractivity contribution in [2.45, 2.75) is 0 Å². The lowest BCUT2D eigenvalue weighted by Gasteiger charge is -2.11. The summed E-state index contributed by atoms with van der Waals surface area (Å²) in [5, 5.41) is 5.08. The van der Waals surface area contributed by atoms with Gasteiger partial charge in [0.15, 0.2) is 0 Å². The first kappa shape index (κ1) is 10.5. The first-order chi connectivity index (χ1) is 4.98. The predicted molar refractivity (Wildman–Crippen MR) is 45.0 cm³/mol. The Morgan fingerprint density at radius 2 is 2.09 bits per heavy atom. The van der Waals surface area contributed by atoms with Gasteiger partial charge < -0.3 is 20.9 Å². The van der Waals surface area contributed by atoms with E-state index in [9.17, 15) is 9.36 Å². The Hall–Kier alpha value is -0.540. The lowest BCUT2D eigenvalue weighted by Crippen LogP contribution is -2.31. The van der Waals surface area contributed by atoms with Crippen molar-refractivity contribution >= 4 is 13.2 Å². The van der Waals surface area contributed by atoms with E-state index in [0.717, 1.165) is 0 Å². The number of amides is 2. The van der Waals surface area contributed by atoms with Gasteiger partial charge >= 0.3 is 6.03 Å². The molecule has 5 nitrogen and oxygen atoms in total. The summed E-state index contributed by atoms with van der Waals surface area (Å²) in [6.45, 7) is 1.61. The Kier molecular flexibility index (Phi) is 4.15. The summed E-state index contributed by atoms with van der Waals surface area (Å²) in [4.78, 5) is 10.2. The second kappa shape index (κ2) is 4.36. The number of nitrogens with two attached hydrogens (primary N) is 1. The second-order valence-electron chi connectivity index (χ2n) is 2.51. The number of primary amides is 1. The molecule has 4 N–H and O–H groups in total. The van der Waals surface area contributed by atoms with Crippen molar-refractivity contribution in [1.82, 2.24) is 10.6 Å². The van der Waals surface area contributed by atoms with Gasteiger partial charge in [-0.2, -0.15) is 0 Å². The molecule has 0 aromatic rings. The molecule has 0 rings (SSSR count). The molecule has 6 heteroatoms. The van der Waals surface area contributed by atoms with Crippen molar-refractivity contribution in [3.8, 4) is 0 Å². The van der Waals surface area contributed by atoms with E-state index in [1.807, 2.05) is 0 Å². The van der Waals surface area contributed by atoms with Gasteiger partial charge in [-0.05, 0) is 13.7 Å². The Bertz CT molecular complexity index is 183. The van der Waals surface area contributed by atoms with Gasteiger partial charge in [0.25, 0.3) is 0 Å². The molecule has 0 aromatic heterocycles. The minimum absolute atomic E-state index is 0.156. The third-order valence-corrected chi connectivity index (χ3v) is 2.89. The molecule has 0 heterocycles. The zero-order valence-electron chi connectivity index (χ0n) is 6.76. The van der Waals surface area contributed by atoms with Crippen LogP contribution in [0.5, 0.6) is 0 Å². The fourth-order valence-corrected chi connectivity index (χ4v) is 1.91. The highest BCUT2D eigenvalue weighted by Gasteiger charge is 2.13. The zero-order valence-corrected chi connectivity index (χ0v) is 7.65. The largest absolute Gasteiger partial charge is 0.352 e. The van der Waals surface area contributed by atoms with Crippen molar-refractivity contribution in [1.29, 1.82) is 0 Å². The predicted octanol–water partition coefficient (Wildman–Crippen LogP) is -0.218. The summed E-state index contributed by atoms with van der Waals surface area (Å²) in [5.41, 5.74) is 4.80. The molecule has 0 aliphatic rings. The van der Waals surface area contributed by atoms with Crippen LogP contribution in [0.25, 0.3) is 0 Å². The normalized spacial score (nSPS) is 15.5. The molecule has 0 radical (unpaired) electrons. The van der Waals surface area contributed by atoms with Crippen LogP contribution in [-0.2, 0) is 4.57 Å². The molecule has 1 atom stereocenters. The number of rotatable bonds is 4. The van der Waals surface area contributed by atoms with E-state index in [2.05, 4.69) is 10.6 Å². The van der Waals surface area contributed by atoms with Crippen LogP contribution in [0.3, 0.4) is 0 Å². The summed E-state index contributed by atoms with van der Waals surface area (Å²) in [5.74, 6) is 0. The Balaban J connectivity index is 3.73. The van der Waals surface area contributed by atoms with Crippen LogP contribution < -0.4 is 16.4 Å². The average Bonchev–Trinajstić information content (AvgIpc) is 1.84. The molecule has 0 fully saturated rings. The van der Waals surface area contributed by atoms with E-state index < -0.39 is 13.2 Å². The minimum atomic E-state index is -2.27. The van der Waals surface area contributed by atoms with Crippen LogP contribution >= 0.6 is 7.14 Å². The van der Waals surface area contributed by atoms with Gasteiger partial charge in [0.1, 0.15) is 7.14 Å². The summed E-state index contributed by atoms with van der Waals surface area (Å²) in [7, 11) is -0.561. The molecule has 1 unspecified atom stereocenters. The maximum atomic E-state index is 11.4. The smallest absolute Gasteiger partial charge is 0.312 e. The topological polar surface area (TPSA) is 84.2 Å². The van der Waals surface area contributed by atoms with Crippen LogP contribution in [0.15, 0.2) is 0 Å². The van der Waals surface area contributed by atoms with Crippen molar-refractivity contribution in [3.63, 3.8) is 0 Å². The van der Waals surface area contributed by atoms with E-state index in [4.69, 9.17) is 5.73 Å². The summed E-state index contributed by atoms with van der Waals surface area (Å²) in [6, 6.07) is -0.636. The number of carbonyl (C=O) groups is 1. The molecular formula is C5H14N3O2P. The highest BCUT2D eigenvalue weighted by atomic mass is 31.2. The van der Waals surface area contributed by atoms with Gasteiger partial charge in [0.2, 0.25) is 0 Å². The van der Waals surface area contributed by atoms with Crippen molar-refractivity contribution < 1.29 is 9.36 Å². The average molecular weight is 179 g/mol. The lowest BCUT2D eigenvalue weighted by atomic mass is 11.0. The molecule has 0 aromatic carbocycles. The van der Waals surface area contributed by atoms with Gasteiger partial charge in [0.05, 0.1) is 12.6 Å². The van der Waals surface area contributed by atoms with E-state index in [1.54, 1.807) is 13.7 Å². The summed E-state index contributed by atoms with van der Waals surface area (Å²) in [6.07, 6.45) is 0.566. The zero-order chi connectivity index (χ0) is 8.91. The van der Waals surface area contributed by atoms with E-state index in [-0.39, 0.29) is 6.29 Å². The quantitative estimate of drug-likeness (QED) is 0.522. The van der Waals surface area contributed by atoms with Crippen LogP contribution in [0.4, 0.5) is 4.79 Å². The van der Waals surface area contributed by atoms with E-state index in [0.29, 0.717) is 6.29 Å². The summed E-state index contributed by atoms with van der Waals surface area (Å²) < 4.78 is 11.4. The molecule has 11 heavy (non-hydrogen) atoms. The molecule has 2 amide bonds. The van der Waals surface area contributed by atoms with Crippen LogP contribution in [0, 0.1) is 0 Å². The minimum Gasteiger partial charge on any atom is -0.352 e. The SMILES string of the molecule is CNCP(C)(=O)CNC(N)=O.